The van der Waals surface area contributed by atoms with Crippen LogP contribution < -0.4 is 0 Å². The monoisotopic (exact) mass is 162 g/mol. The molecular formula is C7H15ClSi. The quantitative estimate of drug-likeness (QED) is 0.433. The Morgan fingerprint density at radius 1 is 1.44 bits per heavy atom. The maximum Gasteiger partial charge on any atom is 0.0717 e. The fourth-order valence-electron chi connectivity index (χ4n) is 0.422. The van der Waals surface area contributed by atoms with Gasteiger partial charge in [0.25, 0.3) is 0 Å². The van der Waals surface area contributed by atoms with Crippen LogP contribution in [0.1, 0.15) is 6.92 Å². The lowest BCUT2D eigenvalue weighted by Gasteiger charge is -2.16. The van der Waals surface area contributed by atoms with E-state index < -0.39 is 8.07 Å². The van der Waals surface area contributed by atoms with Gasteiger partial charge < -0.3 is 0 Å². The second kappa shape index (κ2) is 3.42. The highest BCUT2D eigenvalue weighted by atomic mass is 35.5. The van der Waals surface area contributed by atoms with Crippen LogP contribution in [-0.4, -0.2) is 14.0 Å². The topological polar surface area (TPSA) is 0 Å². The van der Waals surface area contributed by atoms with E-state index >= 15 is 0 Å². The van der Waals surface area contributed by atoms with E-state index in [9.17, 15) is 0 Å². The van der Waals surface area contributed by atoms with Crippen molar-refractivity contribution >= 4 is 19.7 Å². The first-order valence-corrected chi connectivity index (χ1v) is 7.25. The van der Waals surface area contributed by atoms with Gasteiger partial charge in [0.2, 0.25) is 0 Å². The molecule has 0 rings (SSSR count). The molecule has 0 aromatic carbocycles. The summed E-state index contributed by atoms with van der Waals surface area (Å²) in [7, 11) is -1.00. The summed E-state index contributed by atoms with van der Waals surface area (Å²) in [6.45, 7) is 9.15. The summed E-state index contributed by atoms with van der Waals surface area (Å²) >= 11 is 5.55. The molecule has 9 heavy (non-hydrogen) atoms. The van der Waals surface area contributed by atoms with E-state index in [1.807, 2.05) is 0 Å². The summed E-state index contributed by atoms with van der Waals surface area (Å²) in [6.07, 6.45) is 2.12. The van der Waals surface area contributed by atoms with Gasteiger partial charge in [-0.1, -0.05) is 30.9 Å². The summed E-state index contributed by atoms with van der Waals surface area (Å²) in [4.78, 5) is 0. The zero-order valence-corrected chi connectivity index (χ0v) is 8.42. The Bertz CT molecular complexity index is 111. The Morgan fingerprint density at radius 2 is 1.89 bits per heavy atom. The van der Waals surface area contributed by atoms with E-state index in [1.54, 1.807) is 0 Å². The molecule has 54 valence electrons. The first-order valence-electron chi connectivity index (χ1n) is 3.21. The van der Waals surface area contributed by atoms with Crippen molar-refractivity contribution in [2.24, 2.45) is 0 Å². The number of hydrogen-bond acceptors (Lipinski definition) is 0. The summed E-state index contributed by atoms with van der Waals surface area (Å²) < 4.78 is 0. The number of rotatable bonds is 2. The highest BCUT2D eigenvalue weighted by molar-refractivity contribution is 6.82. The van der Waals surface area contributed by atoms with Gasteiger partial charge in [-0.15, -0.1) is 11.6 Å². The van der Waals surface area contributed by atoms with Gasteiger partial charge in [-0.2, -0.15) is 0 Å². The minimum absolute atomic E-state index is 0.663. The maximum absolute atomic E-state index is 5.55. The predicted octanol–water partition coefficient (Wildman–Crippen LogP) is 3.05. The van der Waals surface area contributed by atoms with Crippen molar-refractivity contribution < 1.29 is 0 Å². The molecule has 0 atom stereocenters. The minimum atomic E-state index is -1.00. The van der Waals surface area contributed by atoms with Gasteiger partial charge in [0.15, 0.2) is 0 Å². The molecule has 0 N–H and O–H groups in total. The van der Waals surface area contributed by atoms with E-state index in [0.29, 0.717) is 5.88 Å². The van der Waals surface area contributed by atoms with Crippen LogP contribution in [0, 0.1) is 0 Å². The van der Waals surface area contributed by atoms with Crippen LogP contribution in [0.3, 0.4) is 0 Å². The average molecular weight is 163 g/mol. The Kier molecular flexibility index (Phi) is 3.52. The molecule has 0 aliphatic carbocycles. The summed E-state index contributed by atoms with van der Waals surface area (Å²) in [5, 5.41) is 1.50. The smallest absolute Gasteiger partial charge is 0.0717 e. The van der Waals surface area contributed by atoms with Crippen molar-refractivity contribution in [3.05, 3.63) is 11.3 Å². The van der Waals surface area contributed by atoms with Gasteiger partial charge in [0.05, 0.1) is 8.07 Å². The second-order valence-corrected chi connectivity index (χ2v) is 8.89. The second-order valence-electron chi connectivity index (χ2n) is 3.29. The molecule has 0 amide bonds. The molecule has 2 heteroatoms. The number of hydrogen-bond donors (Lipinski definition) is 0. The number of halogens is 1. The fourth-order valence-corrected chi connectivity index (χ4v) is 1.50. The first kappa shape index (κ1) is 9.25. The Balaban J connectivity index is 4.03. The van der Waals surface area contributed by atoms with Crippen LogP contribution in [0.15, 0.2) is 11.3 Å². The van der Waals surface area contributed by atoms with Crippen molar-refractivity contribution in [2.45, 2.75) is 26.6 Å². The van der Waals surface area contributed by atoms with E-state index in [-0.39, 0.29) is 0 Å². The lowest BCUT2D eigenvalue weighted by Crippen LogP contribution is -2.21. The lowest BCUT2D eigenvalue weighted by atomic mass is 10.6. The molecule has 0 nitrogen and oxygen atoms in total. The van der Waals surface area contributed by atoms with Gasteiger partial charge in [-0.05, 0) is 6.92 Å². The van der Waals surface area contributed by atoms with Gasteiger partial charge in [0, 0.05) is 5.88 Å². The molecule has 0 saturated carbocycles. The largest absolute Gasteiger partial charge is 0.122 e. The maximum atomic E-state index is 5.55. The van der Waals surface area contributed by atoms with Gasteiger partial charge in [-0.3, -0.25) is 0 Å². The van der Waals surface area contributed by atoms with E-state index in [2.05, 4.69) is 32.6 Å². The standard InChI is InChI=1S/C7H15ClSi/c1-7(5-6-8)9(2,3)4/h5H,6H2,1-4H3/b7-5-. The first-order chi connectivity index (χ1) is 3.98. The highest BCUT2D eigenvalue weighted by Crippen LogP contribution is 2.12. The molecule has 0 unspecified atom stereocenters. The Morgan fingerprint density at radius 3 is 2.00 bits per heavy atom. The van der Waals surface area contributed by atoms with Crippen LogP contribution >= 0.6 is 11.6 Å². The molecule has 0 saturated heterocycles. The van der Waals surface area contributed by atoms with E-state index in [1.165, 1.54) is 5.20 Å². The Labute approximate surface area is 63.9 Å². The van der Waals surface area contributed by atoms with E-state index in [0.717, 1.165) is 0 Å². The number of alkyl halides is 1. The lowest BCUT2D eigenvalue weighted by molar-refractivity contribution is 1.49. The van der Waals surface area contributed by atoms with Crippen LogP contribution in [0.4, 0.5) is 0 Å². The van der Waals surface area contributed by atoms with Crippen LogP contribution in [0.2, 0.25) is 19.6 Å². The molecule has 0 spiro atoms. The molecule has 0 radical (unpaired) electrons. The van der Waals surface area contributed by atoms with Gasteiger partial charge in [0.1, 0.15) is 0 Å². The zero-order chi connectivity index (χ0) is 7.49. The fraction of sp³-hybridized carbons (Fsp3) is 0.714. The van der Waals surface area contributed by atoms with Crippen molar-refractivity contribution in [1.29, 1.82) is 0 Å². The third kappa shape index (κ3) is 3.76. The number of allylic oxidation sites excluding steroid dienone is 2. The molecule has 0 bridgehead atoms. The minimum Gasteiger partial charge on any atom is -0.122 e. The van der Waals surface area contributed by atoms with Crippen molar-refractivity contribution in [1.82, 2.24) is 0 Å². The molecule has 0 aliphatic heterocycles. The van der Waals surface area contributed by atoms with Crippen molar-refractivity contribution in [3.63, 3.8) is 0 Å². The van der Waals surface area contributed by atoms with Crippen LogP contribution in [0.25, 0.3) is 0 Å². The molecule has 0 fully saturated rings. The third-order valence-corrected chi connectivity index (χ3v) is 4.29. The van der Waals surface area contributed by atoms with Gasteiger partial charge >= 0.3 is 0 Å². The van der Waals surface area contributed by atoms with E-state index in [4.69, 9.17) is 11.6 Å². The Hall–Kier alpha value is 0.247. The van der Waals surface area contributed by atoms with Crippen LogP contribution in [-0.2, 0) is 0 Å². The van der Waals surface area contributed by atoms with Crippen molar-refractivity contribution in [2.75, 3.05) is 5.88 Å². The third-order valence-electron chi connectivity index (χ3n) is 1.57. The molecular weight excluding hydrogens is 148 g/mol. The molecule has 0 aromatic rings. The molecule has 0 aliphatic rings. The van der Waals surface area contributed by atoms with Gasteiger partial charge in [-0.25, -0.2) is 0 Å². The highest BCUT2D eigenvalue weighted by Gasteiger charge is 2.13. The molecule has 0 aromatic heterocycles. The van der Waals surface area contributed by atoms with Crippen molar-refractivity contribution in [3.8, 4) is 0 Å². The summed E-state index contributed by atoms with van der Waals surface area (Å²) in [5.41, 5.74) is 0. The summed E-state index contributed by atoms with van der Waals surface area (Å²) in [6, 6.07) is 0. The van der Waals surface area contributed by atoms with Crippen LogP contribution in [0.5, 0.6) is 0 Å². The normalized spacial score (nSPS) is 14.1. The SMILES string of the molecule is C/C(=C/CCl)[Si](C)(C)C. The average Bonchev–Trinajstić information content (AvgIpc) is 1.64. The molecule has 0 heterocycles. The summed E-state index contributed by atoms with van der Waals surface area (Å²) in [5.74, 6) is 0.663. The zero-order valence-electron chi connectivity index (χ0n) is 6.66. The predicted molar refractivity (Wildman–Crippen MR) is 47.8 cm³/mol.